The average Bonchev–Trinajstić information content (AvgIpc) is 2.85. The van der Waals surface area contributed by atoms with Gasteiger partial charge in [-0.25, -0.2) is 0 Å². The number of nitrogen functional groups attached to an aromatic ring is 1. The van der Waals surface area contributed by atoms with Crippen molar-refractivity contribution >= 4 is 11.6 Å². The minimum absolute atomic E-state index is 0.154. The summed E-state index contributed by atoms with van der Waals surface area (Å²) < 4.78 is 0. The molecule has 0 atom stereocenters. The van der Waals surface area contributed by atoms with Crippen molar-refractivity contribution < 1.29 is 4.79 Å². The molecule has 3 nitrogen and oxygen atoms in total. The third-order valence-electron chi connectivity index (χ3n) is 3.07. The summed E-state index contributed by atoms with van der Waals surface area (Å²) >= 11 is 0. The Bertz CT molecular complexity index is 401. The normalized spacial score (nSPS) is 15.1. The third-order valence-corrected chi connectivity index (χ3v) is 3.07. The average molecular weight is 230 g/mol. The van der Waals surface area contributed by atoms with Crippen molar-refractivity contribution in [1.29, 1.82) is 0 Å². The standard InChI is InChI=1S/C14H18N2O/c15-13-7-5-11(6-8-13)9-10-16-14(17)12-3-1-2-4-12/h1-2,5-8,12H,3-4,9-10,15H2,(H,16,17). The largest absolute Gasteiger partial charge is 0.399 e. The van der Waals surface area contributed by atoms with Crippen LogP contribution in [0.25, 0.3) is 0 Å². The smallest absolute Gasteiger partial charge is 0.223 e. The molecule has 1 aromatic carbocycles. The summed E-state index contributed by atoms with van der Waals surface area (Å²) in [5, 5.41) is 2.98. The van der Waals surface area contributed by atoms with E-state index in [1.165, 1.54) is 5.56 Å². The number of nitrogens with two attached hydrogens (primary N) is 1. The van der Waals surface area contributed by atoms with Crippen molar-refractivity contribution in [3.05, 3.63) is 42.0 Å². The van der Waals surface area contributed by atoms with Gasteiger partial charge in [-0.05, 0) is 37.0 Å². The van der Waals surface area contributed by atoms with E-state index in [2.05, 4.69) is 17.5 Å². The van der Waals surface area contributed by atoms with Crippen LogP contribution in [-0.4, -0.2) is 12.5 Å². The number of benzene rings is 1. The number of rotatable bonds is 4. The van der Waals surface area contributed by atoms with Gasteiger partial charge in [0.05, 0.1) is 0 Å². The van der Waals surface area contributed by atoms with Crippen molar-refractivity contribution in [2.24, 2.45) is 5.92 Å². The lowest BCUT2D eigenvalue weighted by molar-refractivity contribution is -0.124. The summed E-state index contributed by atoms with van der Waals surface area (Å²) in [5.41, 5.74) is 7.58. The van der Waals surface area contributed by atoms with Gasteiger partial charge in [0.2, 0.25) is 5.91 Å². The molecule has 0 unspecified atom stereocenters. The van der Waals surface area contributed by atoms with Gasteiger partial charge < -0.3 is 11.1 Å². The van der Waals surface area contributed by atoms with Gasteiger partial charge in [0.1, 0.15) is 0 Å². The van der Waals surface area contributed by atoms with Gasteiger partial charge >= 0.3 is 0 Å². The second-order valence-electron chi connectivity index (χ2n) is 4.42. The Morgan fingerprint density at radius 2 is 1.88 bits per heavy atom. The molecule has 0 fully saturated rings. The van der Waals surface area contributed by atoms with E-state index < -0.39 is 0 Å². The number of amides is 1. The first-order valence-corrected chi connectivity index (χ1v) is 6.03. The highest BCUT2D eigenvalue weighted by Gasteiger charge is 2.18. The van der Waals surface area contributed by atoms with Gasteiger partial charge in [0.15, 0.2) is 0 Å². The fourth-order valence-corrected chi connectivity index (χ4v) is 1.99. The lowest BCUT2D eigenvalue weighted by Gasteiger charge is -2.10. The molecular weight excluding hydrogens is 212 g/mol. The first-order chi connectivity index (χ1) is 8.25. The molecule has 0 saturated heterocycles. The molecule has 2 rings (SSSR count). The van der Waals surface area contributed by atoms with E-state index in [0.717, 1.165) is 24.9 Å². The van der Waals surface area contributed by atoms with Crippen LogP contribution in [0.5, 0.6) is 0 Å². The zero-order valence-electron chi connectivity index (χ0n) is 9.86. The maximum Gasteiger partial charge on any atom is 0.223 e. The molecule has 1 aromatic rings. The van der Waals surface area contributed by atoms with E-state index in [1.54, 1.807) is 0 Å². The van der Waals surface area contributed by atoms with Gasteiger partial charge in [-0.1, -0.05) is 24.3 Å². The Hall–Kier alpha value is -1.77. The molecule has 0 bridgehead atoms. The van der Waals surface area contributed by atoms with Crippen LogP contribution in [0, 0.1) is 5.92 Å². The number of hydrogen-bond donors (Lipinski definition) is 2. The predicted molar refractivity (Wildman–Crippen MR) is 69.4 cm³/mol. The summed E-state index contributed by atoms with van der Waals surface area (Å²) in [4.78, 5) is 11.7. The van der Waals surface area contributed by atoms with Gasteiger partial charge in [-0.15, -0.1) is 0 Å². The number of nitrogens with one attached hydrogen (secondary N) is 1. The van der Waals surface area contributed by atoms with E-state index in [4.69, 9.17) is 5.73 Å². The predicted octanol–water partition coefficient (Wildman–Crippen LogP) is 1.89. The molecule has 0 radical (unpaired) electrons. The van der Waals surface area contributed by atoms with Gasteiger partial charge in [0.25, 0.3) is 0 Å². The van der Waals surface area contributed by atoms with Crippen molar-refractivity contribution in [1.82, 2.24) is 5.32 Å². The number of allylic oxidation sites excluding steroid dienone is 2. The minimum atomic E-state index is 0.154. The van der Waals surface area contributed by atoms with Crippen molar-refractivity contribution in [2.45, 2.75) is 19.3 Å². The Balaban J connectivity index is 1.72. The summed E-state index contributed by atoms with van der Waals surface area (Å²) in [6, 6.07) is 7.77. The Morgan fingerprint density at radius 1 is 1.24 bits per heavy atom. The minimum Gasteiger partial charge on any atom is -0.399 e. The fraction of sp³-hybridized carbons (Fsp3) is 0.357. The molecule has 3 heteroatoms. The van der Waals surface area contributed by atoms with Gasteiger partial charge in [-0.2, -0.15) is 0 Å². The molecule has 0 aliphatic heterocycles. The van der Waals surface area contributed by atoms with Crippen LogP contribution < -0.4 is 11.1 Å². The molecule has 17 heavy (non-hydrogen) atoms. The Morgan fingerprint density at radius 3 is 2.53 bits per heavy atom. The molecule has 0 saturated carbocycles. The summed E-state index contributed by atoms with van der Waals surface area (Å²) in [7, 11) is 0. The molecule has 0 spiro atoms. The first kappa shape index (κ1) is 11.7. The van der Waals surface area contributed by atoms with Crippen LogP contribution in [0.15, 0.2) is 36.4 Å². The molecular formula is C14H18N2O. The number of anilines is 1. The van der Waals surface area contributed by atoms with E-state index in [9.17, 15) is 4.79 Å². The summed E-state index contributed by atoms with van der Waals surface area (Å²) in [6.45, 7) is 0.694. The van der Waals surface area contributed by atoms with E-state index in [0.29, 0.717) is 6.54 Å². The molecule has 0 aromatic heterocycles. The van der Waals surface area contributed by atoms with E-state index in [1.807, 2.05) is 24.3 Å². The quantitative estimate of drug-likeness (QED) is 0.613. The van der Waals surface area contributed by atoms with Crippen LogP contribution in [0.3, 0.4) is 0 Å². The van der Waals surface area contributed by atoms with Crippen LogP contribution in [0.4, 0.5) is 5.69 Å². The number of carbonyl (C=O) groups is 1. The molecule has 1 aliphatic carbocycles. The molecule has 1 aliphatic rings. The molecule has 1 amide bonds. The van der Waals surface area contributed by atoms with Crippen LogP contribution in [-0.2, 0) is 11.2 Å². The van der Waals surface area contributed by atoms with Crippen molar-refractivity contribution in [3.63, 3.8) is 0 Å². The Kier molecular flexibility index (Phi) is 3.81. The molecule has 0 heterocycles. The summed E-state index contributed by atoms with van der Waals surface area (Å²) in [5.74, 6) is 0.326. The van der Waals surface area contributed by atoms with Gasteiger partial charge in [0, 0.05) is 18.2 Å². The highest BCUT2D eigenvalue weighted by Crippen LogP contribution is 2.17. The Labute approximate surface area is 102 Å². The highest BCUT2D eigenvalue weighted by molar-refractivity contribution is 5.79. The number of hydrogen-bond acceptors (Lipinski definition) is 2. The first-order valence-electron chi connectivity index (χ1n) is 6.03. The van der Waals surface area contributed by atoms with Crippen LogP contribution in [0.1, 0.15) is 18.4 Å². The fourth-order valence-electron chi connectivity index (χ4n) is 1.99. The summed E-state index contributed by atoms with van der Waals surface area (Å²) in [6.07, 6.45) is 6.77. The SMILES string of the molecule is Nc1ccc(CCNC(=O)C2CC=CC2)cc1. The topological polar surface area (TPSA) is 55.1 Å². The second-order valence-corrected chi connectivity index (χ2v) is 4.42. The number of carbonyl (C=O) groups excluding carboxylic acids is 1. The maximum atomic E-state index is 11.7. The van der Waals surface area contributed by atoms with Gasteiger partial charge in [-0.3, -0.25) is 4.79 Å². The maximum absolute atomic E-state index is 11.7. The van der Waals surface area contributed by atoms with Crippen molar-refractivity contribution in [3.8, 4) is 0 Å². The molecule has 3 N–H and O–H groups in total. The van der Waals surface area contributed by atoms with Crippen LogP contribution >= 0.6 is 0 Å². The zero-order valence-corrected chi connectivity index (χ0v) is 9.86. The lowest BCUT2D eigenvalue weighted by atomic mass is 10.1. The lowest BCUT2D eigenvalue weighted by Crippen LogP contribution is -2.31. The van der Waals surface area contributed by atoms with E-state index >= 15 is 0 Å². The van der Waals surface area contributed by atoms with Crippen molar-refractivity contribution in [2.75, 3.05) is 12.3 Å². The third kappa shape index (κ3) is 3.34. The zero-order chi connectivity index (χ0) is 12.1. The molecule has 90 valence electrons. The van der Waals surface area contributed by atoms with E-state index in [-0.39, 0.29) is 11.8 Å². The monoisotopic (exact) mass is 230 g/mol. The highest BCUT2D eigenvalue weighted by atomic mass is 16.1. The second kappa shape index (κ2) is 5.53. The van der Waals surface area contributed by atoms with Crippen LogP contribution in [0.2, 0.25) is 0 Å².